The van der Waals surface area contributed by atoms with E-state index in [1.54, 1.807) is 19.2 Å². The molecule has 116 valence electrons. The van der Waals surface area contributed by atoms with Crippen molar-refractivity contribution in [2.24, 2.45) is 0 Å². The predicted octanol–water partition coefficient (Wildman–Crippen LogP) is 3.51. The predicted molar refractivity (Wildman–Crippen MR) is 85.8 cm³/mol. The molecule has 0 atom stereocenters. The van der Waals surface area contributed by atoms with Crippen LogP contribution in [-0.4, -0.2) is 22.3 Å². The maximum atomic E-state index is 12.9. The van der Waals surface area contributed by atoms with Crippen molar-refractivity contribution in [3.05, 3.63) is 60.5 Å². The molecule has 0 amide bonds. The number of methoxy groups -OCH3 is 1. The number of aromatic nitrogens is 3. The molecule has 0 unspecified atom stereocenters. The summed E-state index contributed by atoms with van der Waals surface area (Å²) in [6.07, 6.45) is 1.49. The number of ether oxygens (including phenoxy) is 1. The Morgan fingerprint density at radius 2 is 1.83 bits per heavy atom. The molecule has 0 spiro atoms. The lowest BCUT2D eigenvalue weighted by Gasteiger charge is -2.08. The Morgan fingerprint density at radius 3 is 2.61 bits per heavy atom. The van der Waals surface area contributed by atoms with Crippen molar-refractivity contribution in [1.82, 2.24) is 15.2 Å². The van der Waals surface area contributed by atoms with Gasteiger partial charge in [-0.2, -0.15) is 10.1 Å². The maximum Gasteiger partial charge on any atom is 0.249 e. The lowest BCUT2D eigenvalue weighted by molar-refractivity contribution is 0.415. The highest BCUT2D eigenvalue weighted by atomic mass is 19.1. The van der Waals surface area contributed by atoms with Crippen LogP contribution in [0.25, 0.3) is 0 Å². The van der Waals surface area contributed by atoms with Crippen molar-refractivity contribution in [1.29, 1.82) is 0 Å². The molecule has 0 aliphatic heterocycles. The van der Waals surface area contributed by atoms with E-state index in [4.69, 9.17) is 4.74 Å². The third-order valence-electron chi connectivity index (χ3n) is 3.00. The first-order valence-electron chi connectivity index (χ1n) is 6.86. The normalized spacial score (nSPS) is 10.2. The Morgan fingerprint density at radius 1 is 1.00 bits per heavy atom. The number of hydrogen-bond acceptors (Lipinski definition) is 6. The third kappa shape index (κ3) is 3.91. The van der Waals surface area contributed by atoms with E-state index in [1.807, 2.05) is 24.3 Å². The highest BCUT2D eigenvalue weighted by molar-refractivity contribution is 5.59. The van der Waals surface area contributed by atoms with Crippen molar-refractivity contribution >= 4 is 23.1 Å². The van der Waals surface area contributed by atoms with Crippen LogP contribution >= 0.6 is 0 Å². The first kappa shape index (κ1) is 14.7. The van der Waals surface area contributed by atoms with Crippen LogP contribution in [0.2, 0.25) is 0 Å². The van der Waals surface area contributed by atoms with Crippen LogP contribution in [0.1, 0.15) is 0 Å². The molecule has 0 saturated carbocycles. The average molecular weight is 311 g/mol. The lowest BCUT2D eigenvalue weighted by atomic mass is 10.3. The molecule has 7 heteroatoms. The fourth-order valence-electron chi connectivity index (χ4n) is 1.93. The Kier molecular flexibility index (Phi) is 4.28. The minimum atomic E-state index is -0.295. The number of nitrogens with one attached hydrogen (secondary N) is 2. The third-order valence-corrected chi connectivity index (χ3v) is 3.00. The van der Waals surface area contributed by atoms with Gasteiger partial charge in [-0.05, 0) is 36.4 Å². The van der Waals surface area contributed by atoms with Crippen molar-refractivity contribution in [3.8, 4) is 5.75 Å². The van der Waals surface area contributed by atoms with Gasteiger partial charge in [0.05, 0.1) is 13.3 Å². The van der Waals surface area contributed by atoms with Gasteiger partial charge in [-0.15, -0.1) is 5.10 Å². The summed E-state index contributed by atoms with van der Waals surface area (Å²) in [5.41, 5.74) is 1.49. The molecule has 0 aliphatic rings. The number of benzene rings is 2. The molecule has 2 aromatic carbocycles. The van der Waals surface area contributed by atoms with Gasteiger partial charge in [0.25, 0.3) is 0 Å². The summed E-state index contributed by atoms with van der Waals surface area (Å²) in [7, 11) is 1.60. The molecule has 1 heterocycles. The molecule has 23 heavy (non-hydrogen) atoms. The lowest BCUT2D eigenvalue weighted by Crippen LogP contribution is -2.02. The second-order valence-corrected chi connectivity index (χ2v) is 4.65. The number of halogens is 1. The molecule has 2 N–H and O–H groups in total. The zero-order valence-electron chi connectivity index (χ0n) is 12.3. The molecular weight excluding hydrogens is 297 g/mol. The number of rotatable bonds is 5. The Balaban J connectivity index is 1.75. The zero-order chi connectivity index (χ0) is 16.1. The molecule has 3 aromatic rings. The molecule has 0 radical (unpaired) electrons. The zero-order valence-corrected chi connectivity index (χ0v) is 12.3. The van der Waals surface area contributed by atoms with E-state index >= 15 is 0 Å². The molecule has 0 aliphatic carbocycles. The van der Waals surface area contributed by atoms with Crippen LogP contribution in [0.15, 0.2) is 54.7 Å². The summed E-state index contributed by atoms with van der Waals surface area (Å²) < 4.78 is 18.1. The number of nitrogens with zero attached hydrogens (tertiary/aromatic N) is 3. The molecule has 0 saturated heterocycles. The fraction of sp³-hybridized carbons (Fsp3) is 0.0625. The second-order valence-electron chi connectivity index (χ2n) is 4.65. The summed E-state index contributed by atoms with van der Waals surface area (Å²) in [6, 6.07) is 13.4. The molecule has 3 rings (SSSR count). The van der Waals surface area contributed by atoms with Crippen molar-refractivity contribution in [2.75, 3.05) is 17.7 Å². The van der Waals surface area contributed by atoms with E-state index in [0.29, 0.717) is 17.5 Å². The van der Waals surface area contributed by atoms with Gasteiger partial charge in [0.2, 0.25) is 5.95 Å². The highest BCUT2D eigenvalue weighted by Crippen LogP contribution is 2.20. The summed E-state index contributed by atoms with van der Waals surface area (Å²) in [5, 5.41) is 13.9. The molecule has 1 aromatic heterocycles. The molecular formula is C16H14FN5O. The number of hydrogen-bond donors (Lipinski definition) is 2. The van der Waals surface area contributed by atoms with Crippen LogP contribution in [0.5, 0.6) is 5.75 Å². The van der Waals surface area contributed by atoms with Gasteiger partial charge in [0, 0.05) is 17.4 Å². The van der Waals surface area contributed by atoms with E-state index in [2.05, 4.69) is 25.8 Å². The van der Waals surface area contributed by atoms with Crippen LogP contribution in [0.3, 0.4) is 0 Å². The van der Waals surface area contributed by atoms with Crippen molar-refractivity contribution < 1.29 is 9.13 Å². The average Bonchev–Trinajstić information content (AvgIpc) is 2.57. The van der Waals surface area contributed by atoms with E-state index in [0.717, 1.165) is 11.4 Å². The minimum absolute atomic E-state index is 0.295. The largest absolute Gasteiger partial charge is 0.497 e. The minimum Gasteiger partial charge on any atom is -0.497 e. The quantitative estimate of drug-likeness (QED) is 0.751. The SMILES string of the molecule is COc1cccc(Nc2nncc(Nc3ccc(F)cc3)n2)c1. The smallest absolute Gasteiger partial charge is 0.249 e. The summed E-state index contributed by atoms with van der Waals surface area (Å²) in [4.78, 5) is 4.31. The van der Waals surface area contributed by atoms with Gasteiger partial charge in [0.15, 0.2) is 5.82 Å². The van der Waals surface area contributed by atoms with Gasteiger partial charge in [-0.1, -0.05) is 6.07 Å². The van der Waals surface area contributed by atoms with E-state index in [9.17, 15) is 4.39 Å². The summed E-state index contributed by atoms with van der Waals surface area (Å²) in [5.74, 6) is 1.27. The standard InChI is InChI=1S/C16H14FN5O/c1-23-14-4-2-3-13(9-14)20-16-21-15(10-18-22-16)19-12-7-5-11(17)6-8-12/h2-10H,1H3,(H2,19,20,21,22). The monoisotopic (exact) mass is 311 g/mol. The van der Waals surface area contributed by atoms with Crippen molar-refractivity contribution in [3.63, 3.8) is 0 Å². The Hall–Kier alpha value is -3.22. The summed E-state index contributed by atoms with van der Waals surface area (Å²) >= 11 is 0. The molecule has 6 nitrogen and oxygen atoms in total. The van der Waals surface area contributed by atoms with E-state index in [1.165, 1.54) is 18.3 Å². The topological polar surface area (TPSA) is 72.0 Å². The van der Waals surface area contributed by atoms with E-state index < -0.39 is 0 Å². The molecule has 0 bridgehead atoms. The van der Waals surface area contributed by atoms with Gasteiger partial charge in [0.1, 0.15) is 11.6 Å². The van der Waals surface area contributed by atoms with Crippen LogP contribution < -0.4 is 15.4 Å². The van der Waals surface area contributed by atoms with Crippen LogP contribution in [0, 0.1) is 5.82 Å². The fourth-order valence-corrected chi connectivity index (χ4v) is 1.93. The van der Waals surface area contributed by atoms with Crippen LogP contribution in [-0.2, 0) is 0 Å². The van der Waals surface area contributed by atoms with Gasteiger partial charge < -0.3 is 15.4 Å². The van der Waals surface area contributed by atoms with Crippen LogP contribution in [0.4, 0.5) is 27.5 Å². The van der Waals surface area contributed by atoms with E-state index in [-0.39, 0.29) is 5.82 Å². The van der Waals surface area contributed by atoms with Crippen molar-refractivity contribution in [2.45, 2.75) is 0 Å². The summed E-state index contributed by atoms with van der Waals surface area (Å²) in [6.45, 7) is 0. The van der Waals surface area contributed by atoms with Gasteiger partial charge in [-0.25, -0.2) is 4.39 Å². The first-order chi connectivity index (χ1) is 11.2. The molecule has 0 fully saturated rings. The Bertz CT molecular complexity index is 794. The highest BCUT2D eigenvalue weighted by Gasteiger charge is 2.03. The first-order valence-corrected chi connectivity index (χ1v) is 6.86. The maximum absolute atomic E-state index is 12.9. The van der Waals surface area contributed by atoms with Gasteiger partial charge >= 0.3 is 0 Å². The second kappa shape index (κ2) is 6.69. The van der Waals surface area contributed by atoms with Gasteiger partial charge in [-0.3, -0.25) is 0 Å². The number of anilines is 4. The Labute approximate surface area is 132 Å².